The molecule has 0 amide bonds. The molecule has 21 heavy (non-hydrogen) atoms. The molecule has 0 bridgehead atoms. The van der Waals surface area contributed by atoms with Crippen molar-refractivity contribution in [3.63, 3.8) is 0 Å². The van der Waals surface area contributed by atoms with Gasteiger partial charge in [-0.1, -0.05) is 12.1 Å². The van der Waals surface area contributed by atoms with Gasteiger partial charge in [0.15, 0.2) is 5.76 Å². The first-order valence-corrected chi connectivity index (χ1v) is 8.98. The number of hydrogen-bond acceptors (Lipinski definition) is 5. The van der Waals surface area contributed by atoms with E-state index >= 15 is 0 Å². The van der Waals surface area contributed by atoms with Crippen molar-refractivity contribution in [2.75, 3.05) is 19.6 Å². The fourth-order valence-corrected chi connectivity index (χ4v) is 4.84. The molecule has 1 fully saturated rings. The van der Waals surface area contributed by atoms with Crippen molar-refractivity contribution in [2.24, 2.45) is 5.92 Å². The second-order valence-electron chi connectivity index (χ2n) is 5.74. The van der Waals surface area contributed by atoms with Crippen molar-refractivity contribution >= 4 is 10.0 Å². The van der Waals surface area contributed by atoms with Crippen LogP contribution in [0.4, 0.5) is 0 Å². The van der Waals surface area contributed by atoms with Gasteiger partial charge in [-0.25, -0.2) is 8.42 Å². The Labute approximate surface area is 126 Å². The molecule has 1 saturated heterocycles. The average Bonchev–Trinajstić information content (AvgIpc) is 2.79. The molecule has 1 aliphatic rings. The van der Waals surface area contributed by atoms with Crippen LogP contribution in [0.25, 0.3) is 0 Å². The van der Waals surface area contributed by atoms with Crippen LogP contribution in [-0.2, 0) is 10.0 Å². The Morgan fingerprint density at radius 3 is 2.48 bits per heavy atom. The van der Waals surface area contributed by atoms with E-state index in [9.17, 15) is 8.42 Å². The van der Waals surface area contributed by atoms with E-state index in [1.54, 1.807) is 18.2 Å². The normalized spacial score (nSPS) is 19.8. The number of hydrogen-bond donors (Lipinski definition) is 1. The van der Waals surface area contributed by atoms with Crippen molar-refractivity contribution in [3.8, 4) is 0 Å². The highest BCUT2D eigenvalue weighted by Gasteiger charge is 2.34. The predicted octanol–water partition coefficient (Wildman–Crippen LogP) is 1.69. The van der Waals surface area contributed by atoms with Gasteiger partial charge in [0, 0.05) is 19.1 Å². The van der Waals surface area contributed by atoms with Gasteiger partial charge in [0.2, 0.25) is 10.0 Å². The van der Waals surface area contributed by atoms with Crippen molar-refractivity contribution in [2.45, 2.75) is 51.5 Å². The molecule has 0 saturated carbocycles. The molecule has 6 nitrogen and oxygen atoms in total. The van der Waals surface area contributed by atoms with E-state index in [0.29, 0.717) is 36.5 Å². The quantitative estimate of drug-likeness (QED) is 0.895. The first-order valence-electron chi connectivity index (χ1n) is 7.54. The molecule has 1 atom stereocenters. The Morgan fingerprint density at radius 1 is 1.38 bits per heavy atom. The third kappa shape index (κ3) is 3.30. The molecule has 0 spiro atoms. The highest BCUT2D eigenvalue weighted by Crippen LogP contribution is 2.28. The van der Waals surface area contributed by atoms with Gasteiger partial charge >= 0.3 is 0 Å². The van der Waals surface area contributed by atoms with E-state index in [0.717, 1.165) is 19.4 Å². The zero-order chi connectivity index (χ0) is 15.6. The molecule has 120 valence electrons. The Bertz CT molecular complexity index is 555. The minimum atomic E-state index is -3.48. The van der Waals surface area contributed by atoms with E-state index in [4.69, 9.17) is 4.52 Å². The van der Waals surface area contributed by atoms with E-state index in [-0.39, 0.29) is 4.90 Å². The van der Waals surface area contributed by atoms with Crippen LogP contribution in [0.1, 0.15) is 38.1 Å². The third-order valence-electron chi connectivity index (χ3n) is 4.30. The molecule has 0 aliphatic carbocycles. The van der Waals surface area contributed by atoms with Crippen LogP contribution >= 0.6 is 0 Å². The maximum absolute atomic E-state index is 12.7. The number of piperidine rings is 1. The number of nitrogens with one attached hydrogen (secondary N) is 1. The molecule has 0 aromatic carbocycles. The minimum absolute atomic E-state index is 0.237. The fourth-order valence-electron chi connectivity index (χ4n) is 3.08. The third-order valence-corrected chi connectivity index (χ3v) is 6.44. The van der Waals surface area contributed by atoms with Crippen molar-refractivity contribution in [3.05, 3.63) is 11.5 Å². The Morgan fingerprint density at radius 2 is 2.00 bits per heavy atom. The Hall–Kier alpha value is -0.920. The minimum Gasteiger partial charge on any atom is -0.360 e. The summed E-state index contributed by atoms with van der Waals surface area (Å²) >= 11 is 0. The molecule has 7 heteroatoms. The van der Waals surface area contributed by atoms with Crippen molar-refractivity contribution in [1.82, 2.24) is 14.8 Å². The summed E-state index contributed by atoms with van der Waals surface area (Å²) in [6.07, 6.45) is 1.77. The Balaban J connectivity index is 2.08. The first-order chi connectivity index (χ1) is 9.87. The largest absolute Gasteiger partial charge is 0.360 e. The monoisotopic (exact) mass is 315 g/mol. The molecule has 1 unspecified atom stereocenters. The standard InChI is InChI=1S/C14H25N3O3S/c1-5-15-10(2)13-6-8-17(9-7-13)21(18,19)14-11(3)16-20-12(14)4/h10,13,15H,5-9H2,1-4H3. The first kappa shape index (κ1) is 16.5. The average molecular weight is 315 g/mol. The molecule has 1 aliphatic heterocycles. The lowest BCUT2D eigenvalue weighted by Gasteiger charge is -2.34. The smallest absolute Gasteiger partial charge is 0.248 e. The van der Waals surface area contributed by atoms with Gasteiger partial charge in [-0.2, -0.15) is 4.31 Å². The Kier molecular flexibility index (Phi) is 5.06. The van der Waals surface area contributed by atoms with Gasteiger partial charge in [0.25, 0.3) is 0 Å². The van der Waals surface area contributed by atoms with Gasteiger partial charge in [0.1, 0.15) is 10.6 Å². The van der Waals surface area contributed by atoms with E-state index in [1.165, 1.54) is 0 Å². The summed E-state index contributed by atoms with van der Waals surface area (Å²) in [4.78, 5) is 0.237. The van der Waals surface area contributed by atoms with Crippen LogP contribution in [0, 0.1) is 19.8 Å². The van der Waals surface area contributed by atoms with Gasteiger partial charge in [-0.3, -0.25) is 0 Å². The second-order valence-corrected chi connectivity index (χ2v) is 7.62. The van der Waals surface area contributed by atoms with Crippen LogP contribution < -0.4 is 5.32 Å². The predicted molar refractivity (Wildman–Crippen MR) is 80.6 cm³/mol. The van der Waals surface area contributed by atoms with Crippen LogP contribution in [0.3, 0.4) is 0 Å². The topological polar surface area (TPSA) is 75.4 Å². The summed E-state index contributed by atoms with van der Waals surface area (Å²) in [5.41, 5.74) is 0.440. The van der Waals surface area contributed by atoms with Gasteiger partial charge in [-0.05, 0) is 46.1 Å². The summed E-state index contributed by atoms with van der Waals surface area (Å²) in [6.45, 7) is 9.65. The van der Waals surface area contributed by atoms with E-state index in [1.807, 2.05) is 0 Å². The summed E-state index contributed by atoms with van der Waals surface area (Å²) in [5.74, 6) is 0.900. The number of nitrogens with zero attached hydrogens (tertiary/aromatic N) is 2. The molecule has 2 rings (SSSR count). The summed E-state index contributed by atoms with van der Waals surface area (Å²) in [5, 5.41) is 7.18. The maximum atomic E-state index is 12.7. The van der Waals surface area contributed by atoms with Crippen LogP contribution in [0.15, 0.2) is 9.42 Å². The SMILES string of the molecule is CCNC(C)C1CCN(S(=O)(=O)c2c(C)noc2C)CC1. The molecular weight excluding hydrogens is 290 g/mol. The lowest BCUT2D eigenvalue weighted by atomic mass is 9.91. The highest BCUT2D eigenvalue weighted by atomic mass is 32.2. The second kappa shape index (κ2) is 6.46. The molecule has 1 N–H and O–H groups in total. The zero-order valence-corrected chi connectivity index (χ0v) is 14.0. The van der Waals surface area contributed by atoms with Gasteiger partial charge in [0.05, 0.1) is 0 Å². The van der Waals surface area contributed by atoms with Gasteiger partial charge < -0.3 is 9.84 Å². The number of sulfonamides is 1. The van der Waals surface area contributed by atoms with Crippen molar-refractivity contribution < 1.29 is 12.9 Å². The van der Waals surface area contributed by atoms with E-state index in [2.05, 4.69) is 24.3 Å². The molecule has 1 aromatic heterocycles. The molecule has 1 aromatic rings. The zero-order valence-electron chi connectivity index (χ0n) is 13.2. The summed E-state index contributed by atoms with van der Waals surface area (Å²) in [6, 6.07) is 0.430. The molecule has 2 heterocycles. The fraction of sp³-hybridized carbons (Fsp3) is 0.786. The summed E-state index contributed by atoms with van der Waals surface area (Å²) < 4.78 is 32.0. The summed E-state index contributed by atoms with van der Waals surface area (Å²) in [7, 11) is -3.48. The highest BCUT2D eigenvalue weighted by molar-refractivity contribution is 7.89. The lowest BCUT2D eigenvalue weighted by Crippen LogP contribution is -2.44. The lowest BCUT2D eigenvalue weighted by molar-refractivity contribution is 0.232. The van der Waals surface area contributed by atoms with E-state index < -0.39 is 10.0 Å². The van der Waals surface area contributed by atoms with Crippen LogP contribution in [-0.4, -0.2) is 43.6 Å². The molecule has 0 radical (unpaired) electrons. The van der Waals surface area contributed by atoms with Crippen LogP contribution in [0.5, 0.6) is 0 Å². The number of rotatable bonds is 5. The van der Waals surface area contributed by atoms with Crippen molar-refractivity contribution in [1.29, 1.82) is 0 Å². The molecular formula is C14H25N3O3S. The van der Waals surface area contributed by atoms with Crippen LogP contribution in [0.2, 0.25) is 0 Å². The van der Waals surface area contributed by atoms with Gasteiger partial charge in [-0.15, -0.1) is 0 Å². The number of aromatic nitrogens is 1. The number of aryl methyl sites for hydroxylation is 2. The maximum Gasteiger partial charge on any atom is 0.248 e.